The molecule has 0 radical (unpaired) electrons. The Kier molecular flexibility index (Phi) is 10.4. The summed E-state index contributed by atoms with van der Waals surface area (Å²) in [5, 5.41) is 0. The van der Waals surface area contributed by atoms with Gasteiger partial charge in [-0.2, -0.15) is 0 Å². The molecule has 1 aliphatic rings. The normalized spacial score (nSPS) is 13.1. The van der Waals surface area contributed by atoms with E-state index in [1.807, 2.05) is 18.2 Å². The van der Waals surface area contributed by atoms with E-state index >= 15 is 0 Å². The van der Waals surface area contributed by atoms with Crippen LogP contribution in [0.2, 0.25) is 0 Å². The summed E-state index contributed by atoms with van der Waals surface area (Å²) < 4.78 is 21.6. The highest BCUT2D eigenvalue weighted by Crippen LogP contribution is 2.33. The largest absolute Gasteiger partial charge is 0.491 e. The molecule has 0 aromatic heterocycles. The van der Waals surface area contributed by atoms with Gasteiger partial charge in [-0.15, -0.1) is 0 Å². The summed E-state index contributed by atoms with van der Waals surface area (Å²) in [6, 6.07) is 14.5. The monoisotopic (exact) mass is 467 g/mol. The number of methoxy groups -OCH3 is 2. The van der Waals surface area contributed by atoms with Crippen molar-refractivity contribution in [3.8, 4) is 16.9 Å². The number of unbranched alkanes of at least 4 members (excludes halogenated alkanes) is 1. The number of anilines is 1. The van der Waals surface area contributed by atoms with Crippen molar-refractivity contribution in [2.24, 2.45) is 0 Å². The van der Waals surface area contributed by atoms with Crippen molar-refractivity contribution < 1.29 is 23.7 Å². The van der Waals surface area contributed by atoms with Crippen molar-refractivity contribution in [3.05, 3.63) is 53.6 Å². The lowest BCUT2D eigenvalue weighted by atomic mass is 10.00. The van der Waals surface area contributed by atoms with Gasteiger partial charge in [-0.1, -0.05) is 31.5 Å². The second-order valence-electron chi connectivity index (χ2n) is 8.36. The van der Waals surface area contributed by atoms with Gasteiger partial charge in [-0.25, -0.2) is 4.79 Å². The van der Waals surface area contributed by atoms with Gasteiger partial charge in [0.2, 0.25) is 0 Å². The summed E-state index contributed by atoms with van der Waals surface area (Å²) >= 11 is 0. The van der Waals surface area contributed by atoms with Gasteiger partial charge in [0.05, 0.1) is 13.7 Å². The summed E-state index contributed by atoms with van der Waals surface area (Å²) in [6.07, 6.45) is 5.76. The van der Waals surface area contributed by atoms with E-state index in [-0.39, 0.29) is 5.97 Å². The fourth-order valence-corrected chi connectivity index (χ4v) is 4.01. The van der Waals surface area contributed by atoms with E-state index in [2.05, 4.69) is 42.2 Å². The molecule has 2 aromatic rings. The van der Waals surface area contributed by atoms with Crippen LogP contribution in [0.15, 0.2) is 48.0 Å². The van der Waals surface area contributed by atoms with Crippen molar-refractivity contribution in [1.82, 2.24) is 0 Å². The van der Waals surface area contributed by atoms with Gasteiger partial charge in [0.15, 0.2) is 0 Å². The van der Waals surface area contributed by atoms with Gasteiger partial charge in [-0.05, 0) is 66.3 Å². The topological polar surface area (TPSA) is 57.2 Å². The maximum absolute atomic E-state index is 12.3. The van der Waals surface area contributed by atoms with Gasteiger partial charge < -0.3 is 23.8 Å². The average Bonchev–Trinajstić information content (AvgIpc) is 3.05. The molecule has 34 heavy (non-hydrogen) atoms. The lowest BCUT2D eigenvalue weighted by molar-refractivity contribution is -0.136. The van der Waals surface area contributed by atoms with Gasteiger partial charge in [0.1, 0.15) is 12.4 Å². The van der Waals surface area contributed by atoms with Gasteiger partial charge in [0.25, 0.3) is 0 Å². The number of esters is 1. The van der Waals surface area contributed by atoms with Gasteiger partial charge in [0, 0.05) is 44.7 Å². The van der Waals surface area contributed by atoms with Gasteiger partial charge >= 0.3 is 5.97 Å². The van der Waals surface area contributed by atoms with E-state index in [4.69, 9.17) is 18.9 Å². The number of rotatable bonds is 13. The minimum atomic E-state index is -0.268. The Morgan fingerprint density at radius 2 is 1.74 bits per heavy atom. The third-order valence-corrected chi connectivity index (χ3v) is 5.90. The average molecular weight is 468 g/mol. The van der Waals surface area contributed by atoms with Crippen molar-refractivity contribution in [3.63, 3.8) is 0 Å². The molecule has 6 nitrogen and oxygen atoms in total. The van der Waals surface area contributed by atoms with Crippen molar-refractivity contribution in [1.29, 1.82) is 0 Å². The number of nitrogens with zero attached hydrogens (tertiary/aromatic N) is 1. The first kappa shape index (κ1) is 25.8. The number of fused-ring (bicyclic) bond motifs is 1. The van der Waals surface area contributed by atoms with Crippen LogP contribution in [0.4, 0.5) is 5.69 Å². The first-order valence-corrected chi connectivity index (χ1v) is 12.1. The summed E-state index contributed by atoms with van der Waals surface area (Å²) in [5.41, 5.74) is 5.03. The SMILES string of the molecule is CCCCOCCOc1ccc(-c2ccc3c(c2)C=C(C(=O)OC)CCN3CCCOC)cc1. The standard InChI is InChI=1S/C28H37NO5/c1-4-5-17-33-18-19-34-26-10-7-22(8-11-26)23-9-12-27-25(20-23)21-24(28(30)32-3)13-15-29(27)14-6-16-31-2/h7-12,20-21H,4-6,13-19H2,1-3H3. The Hall–Kier alpha value is -2.83. The first-order chi connectivity index (χ1) is 16.7. The van der Waals surface area contributed by atoms with E-state index in [9.17, 15) is 4.79 Å². The Bertz CT molecular complexity index is 938. The molecule has 0 atom stereocenters. The number of hydrogen-bond acceptors (Lipinski definition) is 6. The lowest BCUT2D eigenvalue weighted by Crippen LogP contribution is -2.27. The number of carbonyl (C=O) groups is 1. The minimum absolute atomic E-state index is 0.268. The molecule has 0 spiro atoms. The molecular weight excluding hydrogens is 430 g/mol. The van der Waals surface area contributed by atoms with E-state index in [1.165, 1.54) is 7.11 Å². The zero-order valence-corrected chi connectivity index (χ0v) is 20.7. The molecule has 3 rings (SSSR count). The molecule has 2 aromatic carbocycles. The Morgan fingerprint density at radius 3 is 2.47 bits per heavy atom. The van der Waals surface area contributed by atoms with Crippen LogP contribution in [0.3, 0.4) is 0 Å². The molecule has 1 heterocycles. The summed E-state index contributed by atoms with van der Waals surface area (Å²) in [6.45, 7) is 6.43. The van der Waals surface area contributed by atoms with Crippen molar-refractivity contribution >= 4 is 17.7 Å². The number of carbonyl (C=O) groups excluding carboxylic acids is 1. The molecular formula is C28H37NO5. The lowest BCUT2D eigenvalue weighted by Gasteiger charge is -2.25. The van der Waals surface area contributed by atoms with Crippen LogP contribution in [0, 0.1) is 0 Å². The van der Waals surface area contributed by atoms with Crippen LogP contribution >= 0.6 is 0 Å². The highest BCUT2D eigenvalue weighted by atomic mass is 16.5. The van der Waals surface area contributed by atoms with Crippen LogP contribution in [-0.4, -0.2) is 59.7 Å². The maximum Gasteiger partial charge on any atom is 0.333 e. The quantitative estimate of drug-likeness (QED) is 0.292. The third-order valence-electron chi connectivity index (χ3n) is 5.90. The second-order valence-corrected chi connectivity index (χ2v) is 8.36. The number of ether oxygens (including phenoxy) is 4. The summed E-state index contributed by atoms with van der Waals surface area (Å²) in [7, 11) is 3.15. The molecule has 0 aliphatic carbocycles. The molecule has 0 amide bonds. The summed E-state index contributed by atoms with van der Waals surface area (Å²) in [5.74, 6) is 0.560. The third kappa shape index (κ3) is 7.34. The molecule has 1 aliphatic heterocycles. The van der Waals surface area contributed by atoms with Crippen LogP contribution in [-0.2, 0) is 19.0 Å². The van der Waals surface area contributed by atoms with Crippen molar-refractivity contribution in [2.75, 3.05) is 58.6 Å². The second kappa shape index (κ2) is 13.8. The first-order valence-electron chi connectivity index (χ1n) is 12.1. The molecule has 0 saturated heterocycles. The van der Waals surface area contributed by atoms with Gasteiger partial charge in [-0.3, -0.25) is 0 Å². The smallest absolute Gasteiger partial charge is 0.333 e. The minimum Gasteiger partial charge on any atom is -0.491 e. The highest BCUT2D eigenvalue weighted by molar-refractivity contribution is 5.96. The fourth-order valence-electron chi connectivity index (χ4n) is 4.01. The molecule has 0 fully saturated rings. The number of hydrogen-bond donors (Lipinski definition) is 0. The van der Waals surface area contributed by atoms with E-state index in [0.29, 0.717) is 31.8 Å². The van der Waals surface area contributed by atoms with Crippen LogP contribution < -0.4 is 9.64 Å². The molecule has 0 saturated carbocycles. The Labute approximate surface area is 203 Å². The predicted octanol–water partition coefficient (Wildman–Crippen LogP) is 5.35. The number of benzene rings is 2. The molecule has 0 unspecified atom stereocenters. The van der Waals surface area contributed by atoms with E-state index < -0.39 is 0 Å². The predicted molar refractivity (Wildman–Crippen MR) is 136 cm³/mol. The fraction of sp³-hybridized carbons (Fsp3) is 0.464. The summed E-state index contributed by atoms with van der Waals surface area (Å²) in [4.78, 5) is 14.6. The highest BCUT2D eigenvalue weighted by Gasteiger charge is 2.20. The zero-order chi connectivity index (χ0) is 24.2. The van der Waals surface area contributed by atoms with E-state index in [0.717, 1.165) is 67.1 Å². The van der Waals surface area contributed by atoms with Crippen LogP contribution in [0.1, 0.15) is 38.2 Å². The van der Waals surface area contributed by atoms with Crippen LogP contribution in [0.5, 0.6) is 5.75 Å². The van der Waals surface area contributed by atoms with E-state index in [1.54, 1.807) is 7.11 Å². The van der Waals surface area contributed by atoms with Crippen molar-refractivity contribution in [2.45, 2.75) is 32.6 Å². The Balaban J connectivity index is 1.74. The maximum atomic E-state index is 12.3. The molecule has 0 N–H and O–H groups in total. The Morgan fingerprint density at radius 1 is 0.941 bits per heavy atom. The molecule has 0 bridgehead atoms. The zero-order valence-electron chi connectivity index (χ0n) is 20.7. The van der Waals surface area contributed by atoms with Crippen LogP contribution in [0.25, 0.3) is 17.2 Å². The molecule has 6 heteroatoms. The molecule has 184 valence electrons.